The number of likely N-dealkylation sites (N-methyl/N-ethyl adjacent to an activating group) is 2. The van der Waals surface area contributed by atoms with Gasteiger partial charge in [-0.2, -0.15) is 0 Å². The van der Waals surface area contributed by atoms with Gasteiger partial charge >= 0.3 is 0 Å². The highest BCUT2D eigenvalue weighted by Crippen LogP contribution is 2.30. The maximum Gasteiger partial charge on any atom is 0.161 e. The Morgan fingerprint density at radius 3 is 2.26 bits per heavy atom. The molecule has 0 aliphatic rings. The van der Waals surface area contributed by atoms with Crippen LogP contribution in [0.5, 0.6) is 11.5 Å². The Hall–Kier alpha value is -0.970. The fourth-order valence-corrected chi connectivity index (χ4v) is 1.87. The number of nitrogens with one attached hydrogen (secondary N) is 1. The molecule has 1 rings (SSSR count). The highest BCUT2D eigenvalue weighted by molar-refractivity contribution is 5.85. The second-order valence-electron chi connectivity index (χ2n) is 4.48. The van der Waals surface area contributed by atoms with Crippen molar-refractivity contribution in [3.8, 4) is 11.5 Å². The average molecular weight is 289 g/mol. The lowest BCUT2D eigenvalue weighted by Crippen LogP contribution is -2.27. The summed E-state index contributed by atoms with van der Waals surface area (Å²) < 4.78 is 10.6. The number of hydrogen-bond donors (Lipinski definition) is 1. The molecule has 0 fully saturated rings. The number of rotatable bonds is 7. The Balaban J connectivity index is 0.00000324. The third-order valence-electron chi connectivity index (χ3n) is 3.03. The second-order valence-corrected chi connectivity index (χ2v) is 4.48. The first-order chi connectivity index (χ1) is 8.62. The summed E-state index contributed by atoms with van der Waals surface area (Å²) in [5, 5.41) is 3.15. The van der Waals surface area contributed by atoms with Crippen LogP contribution in [0.25, 0.3) is 0 Å². The van der Waals surface area contributed by atoms with E-state index in [1.54, 1.807) is 14.2 Å². The number of halogens is 1. The summed E-state index contributed by atoms with van der Waals surface area (Å²) in [6, 6.07) is 4.09. The molecule has 0 heterocycles. The molecule has 0 saturated heterocycles. The molecule has 5 heteroatoms. The SMILES string of the molecule is CNCCN(C)Cc1cc(OC)c(OC)cc1C.Cl. The summed E-state index contributed by atoms with van der Waals surface area (Å²) in [4.78, 5) is 2.28. The third-order valence-corrected chi connectivity index (χ3v) is 3.03. The van der Waals surface area contributed by atoms with E-state index in [0.29, 0.717) is 0 Å². The largest absolute Gasteiger partial charge is 0.493 e. The summed E-state index contributed by atoms with van der Waals surface area (Å²) in [5.41, 5.74) is 2.50. The zero-order chi connectivity index (χ0) is 13.5. The van der Waals surface area contributed by atoms with Gasteiger partial charge in [0.1, 0.15) is 0 Å². The monoisotopic (exact) mass is 288 g/mol. The van der Waals surface area contributed by atoms with Crippen molar-refractivity contribution in [3.63, 3.8) is 0 Å². The van der Waals surface area contributed by atoms with Crippen LogP contribution in [0, 0.1) is 6.92 Å². The molecule has 19 heavy (non-hydrogen) atoms. The summed E-state index contributed by atoms with van der Waals surface area (Å²) in [7, 11) is 7.42. The molecule has 0 bridgehead atoms. The van der Waals surface area contributed by atoms with E-state index in [4.69, 9.17) is 9.47 Å². The van der Waals surface area contributed by atoms with Gasteiger partial charge < -0.3 is 19.7 Å². The fraction of sp³-hybridized carbons (Fsp3) is 0.571. The normalized spacial score (nSPS) is 10.2. The van der Waals surface area contributed by atoms with Crippen LogP contribution < -0.4 is 14.8 Å². The van der Waals surface area contributed by atoms with E-state index >= 15 is 0 Å². The second kappa shape index (κ2) is 9.02. The van der Waals surface area contributed by atoms with Gasteiger partial charge in [-0.15, -0.1) is 12.4 Å². The Bertz CT molecular complexity index is 386. The molecule has 0 aromatic heterocycles. The minimum absolute atomic E-state index is 0. The van der Waals surface area contributed by atoms with Crippen LogP contribution in [0.2, 0.25) is 0 Å². The first kappa shape index (κ1) is 18.0. The van der Waals surface area contributed by atoms with Crippen molar-refractivity contribution in [3.05, 3.63) is 23.3 Å². The van der Waals surface area contributed by atoms with Gasteiger partial charge in [-0.3, -0.25) is 0 Å². The van der Waals surface area contributed by atoms with E-state index in [0.717, 1.165) is 31.1 Å². The molecular formula is C14H25ClN2O2. The summed E-state index contributed by atoms with van der Waals surface area (Å²) in [5.74, 6) is 1.58. The molecule has 0 aliphatic heterocycles. The smallest absolute Gasteiger partial charge is 0.161 e. The van der Waals surface area contributed by atoms with Crippen LogP contribution in [0.3, 0.4) is 0 Å². The average Bonchev–Trinajstić information content (AvgIpc) is 2.38. The molecule has 0 saturated carbocycles. The van der Waals surface area contributed by atoms with Crippen LogP contribution in [-0.2, 0) is 6.54 Å². The summed E-state index contributed by atoms with van der Waals surface area (Å²) in [6.45, 7) is 5.02. The van der Waals surface area contributed by atoms with Crippen LogP contribution in [-0.4, -0.2) is 46.3 Å². The predicted molar refractivity (Wildman–Crippen MR) is 81.8 cm³/mol. The first-order valence-electron chi connectivity index (χ1n) is 6.17. The van der Waals surface area contributed by atoms with Crippen molar-refractivity contribution in [1.82, 2.24) is 10.2 Å². The van der Waals surface area contributed by atoms with E-state index in [1.807, 2.05) is 13.1 Å². The third kappa shape index (κ3) is 5.27. The predicted octanol–water partition coefficient (Wildman–Crippen LogP) is 2.09. The highest BCUT2D eigenvalue weighted by Gasteiger charge is 2.10. The van der Waals surface area contributed by atoms with Crippen molar-refractivity contribution in [2.75, 3.05) is 41.4 Å². The number of nitrogens with zero attached hydrogens (tertiary/aromatic N) is 1. The molecule has 0 radical (unpaired) electrons. The van der Waals surface area contributed by atoms with Gasteiger partial charge in [-0.1, -0.05) is 0 Å². The van der Waals surface area contributed by atoms with Gasteiger partial charge in [0.25, 0.3) is 0 Å². The molecule has 4 nitrogen and oxygen atoms in total. The lowest BCUT2D eigenvalue weighted by atomic mass is 10.1. The molecule has 1 aromatic carbocycles. The van der Waals surface area contributed by atoms with Crippen LogP contribution in [0.4, 0.5) is 0 Å². The maximum atomic E-state index is 5.34. The fourth-order valence-electron chi connectivity index (χ4n) is 1.87. The molecule has 1 aromatic rings. The van der Waals surface area contributed by atoms with Gasteiger partial charge in [-0.25, -0.2) is 0 Å². The molecule has 0 amide bonds. The van der Waals surface area contributed by atoms with Gasteiger partial charge in [0, 0.05) is 19.6 Å². The van der Waals surface area contributed by atoms with E-state index in [9.17, 15) is 0 Å². The minimum atomic E-state index is 0. The van der Waals surface area contributed by atoms with Gasteiger partial charge in [0.2, 0.25) is 0 Å². The van der Waals surface area contributed by atoms with E-state index in [-0.39, 0.29) is 12.4 Å². The Morgan fingerprint density at radius 2 is 1.74 bits per heavy atom. The van der Waals surface area contributed by atoms with Crippen molar-refractivity contribution in [2.24, 2.45) is 0 Å². The zero-order valence-corrected chi connectivity index (χ0v) is 13.3. The lowest BCUT2D eigenvalue weighted by Gasteiger charge is -2.19. The summed E-state index contributed by atoms with van der Waals surface area (Å²) in [6.07, 6.45) is 0. The van der Waals surface area contributed by atoms with Crippen molar-refractivity contribution in [1.29, 1.82) is 0 Å². The Morgan fingerprint density at radius 1 is 1.16 bits per heavy atom. The van der Waals surface area contributed by atoms with Crippen molar-refractivity contribution >= 4 is 12.4 Å². The lowest BCUT2D eigenvalue weighted by molar-refractivity contribution is 0.324. The molecule has 1 N–H and O–H groups in total. The standard InChI is InChI=1S/C14H24N2O2.ClH/c1-11-8-13(17-4)14(18-5)9-12(11)10-16(3)7-6-15-2;/h8-9,15H,6-7,10H2,1-5H3;1H. The number of aryl methyl sites for hydroxylation is 1. The molecule has 0 spiro atoms. The van der Waals surface area contributed by atoms with Gasteiger partial charge in [-0.05, 0) is 44.3 Å². The van der Waals surface area contributed by atoms with Crippen molar-refractivity contribution in [2.45, 2.75) is 13.5 Å². The molecule has 0 atom stereocenters. The first-order valence-corrected chi connectivity index (χ1v) is 6.17. The Labute approximate surface area is 122 Å². The van der Waals surface area contributed by atoms with Crippen molar-refractivity contribution < 1.29 is 9.47 Å². The quantitative estimate of drug-likeness (QED) is 0.833. The Kier molecular flexibility index (Phi) is 8.56. The van der Waals surface area contributed by atoms with E-state index in [2.05, 4.69) is 30.3 Å². The summed E-state index contributed by atoms with van der Waals surface area (Å²) >= 11 is 0. The van der Waals surface area contributed by atoms with E-state index < -0.39 is 0 Å². The molecule has 0 aliphatic carbocycles. The van der Waals surface area contributed by atoms with Gasteiger partial charge in [0.05, 0.1) is 14.2 Å². The molecule has 110 valence electrons. The number of methoxy groups -OCH3 is 2. The number of hydrogen-bond acceptors (Lipinski definition) is 4. The molecule has 0 unspecified atom stereocenters. The van der Waals surface area contributed by atoms with Gasteiger partial charge in [0.15, 0.2) is 11.5 Å². The van der Waals surface area contributed by atoms with Crippen LogP contribution >= 0.6 is 12.4 Å². The number of benzene rings is 1. The minimum Gasteiger partial charge on any atom is -0.493 e. The number of ether oxygens (including phenoxy) is 2. The zero-order valence-electron chi connectivity index (χ0n) is 12.4. The topological polar surface area (TPSA) is 33.7 Å². The van der Waals surface area contributed by atoms with E-state index in [1.165, 1.54) is 11.1 Å². The maximum absolute atomic E-state index is 5.34. The van der Waals surface area contributed by atoms with Crippen LogP contribution in [0.15, 0.2) is 12.1 Å². The van der Waals surface area contributed by atoms with Crippen LogP contribution in [0.1, 0.15) is 11.1 Å². The highest BCUT2D eigenvalue weighted by atomic mass is 35.5. The molecular weight excluding hydrogens is 264 g/mol.